The number of nitrogens with two attached hydrogens (primary N) is 1. The first-order valence-corrected chi connectivity index (χ1v) is 6.99. The number of benzene rings is 2. The summed E-state index contributed by atoms with van der Waals surface area (Å²) in [5, 5.41) is 5.94. The van der Waals surface area contributed by atoms with Crippen LogP contribution in [0.1, 0.15) is 22.8 Å². The number of aryl methyl sites for hydroxylation is 1. The third kappa shape index (κ3) is 4.09. The zero-order valence-corrected chi connectivity index (χ0v) is 12.6. The van der Waals surface area contributed by atoms with Crippen molar-refractivity contribution in [3.63, 3.8) is 0 Å². The first-order chi connectivity index (χ1) is 10.5. The van der Waals surface area contributed by atoms with E-state index in [0.29, 0.717) is 11.3 Å². The summed E-state index contributed by atoms with van der Waals surface area (Å²) < 4.78 is 0. The summed E-state index contributed by atoms with van der Waals surface area (Å²) in [5.41, 5.74) is 8.22. The largest absolute Gasteiger partial charge is 0.374 e. The van der Waals surface area contributed by atoms with Crippen LogP contribution in [-0.2, 0) is 4.79 Å². The molecular weight excluding hydrogens is 278 g/mol. The van der Waals surface area contributed by atoms with Crippen molar-refractivity contribution >= 4 is 23.2 Å². The van der Waals surface area contributed by atoms with Crippen LogP contribution in [0.5, 0.6) is 0 Å². The molecule has 22 heavy (non-hydrogen) atoms. The molecule has 0 aliphatic rings. The van der Waals surface area contributed by atoms with Crippen molar-refractivity contribution < 1.29 is 9.59 Å². The number of amides is 2. The molecule has 0 saturated heterocycles. The second-order valence-electron chi connectivity index (χ2n) is 5.17. The molecule has 4 N–H and O–H groups in total. The van der Waals surface area contributed by atoms with Crippen molar-refractivity contribution in [3.8, 4) is 0 Å². The van der Waals surface area contributed by atoms with Gasteiger partial charge in [0.25, 0.3) is 0 Å². The summed E-state index contributed by atoms with van der Waals surface area (Å²) in [7, 11) is 0. The third-order valence-electron chi connectivity index (χ3n) is 3.23. The van der Waals surface area contributed by atoms with Crippen LogP contribution < -0.4 is 16.4 Å². The zero-order valence-electron chi connectivity index (χ0n) is 12.6. The van der Waals surface area contributed by atoms with E-state index in [1.54, 1.807) is 31.2 Å². The van der Waals surface area contributed by atoms with Gasteiger partial charge < -0.3 is 16.4 Å². The Morgan fingerprint density at radius 1 is 1.05 bits per heavy atom. The summed E-state index contributed by atoms with van der Waals surface area (Å²) >= 11 is 0. The Bertz CT molecular complexity index is 681. The van der Waals surface area contributed by atoms with Gasteiger partial charge in [0.1, 0.15) is 6.04 Å². The van der Waals surface area contributed by atoms with Gasteiger partial charge in [0.05, 0.1) is 0 Å². The molecule has 0 aromatic heterocycles. The van der Waals surface area contributed by atoms with Gasteiger partial charge >= 0.3 is 0 Å². The normalized spacial score (nSPS) is 11.5. The molecule has 1 unspecified atom stereocenters. The Balaban J connectivity index is 1.97. The summed E-state index contributed by atoms with van der Waals surface area (Å²) in [4.78, 5) is 23.2. The Morgan fingerprint density at radius 2 is 1.73 bits per heavy atom. The number of primary amides is 1. The lowest BCUT2D eigenvalue weighted by Crippen LogP contribution is -2.31. The molecule has 2 aromatic rings. The third-order valence-corrected chi connectivity index (χ3v) is 3.23. The second kappa shape index (κ2) is 6.76. The zero-order chi connectivity index (χ0) is 16.1. The lowest BCUT2D eigenvalue weighted by molar-refractivity contribution is -0.116. The van der Waals surface area contributed by atoms with Gasteiger partial charge in [0.15, 0.2) is 0 Å². The van der Waals surface area contributed by atoms with E-state index in [2.05, 4.69) is 10.6 Å². The monoisotopic (exact) mass is 297 g/mol. The van der Waals surface area contributed by atoms with Crippen LogP contribution in [0.15, 0.2) is 48.5 Å². The summed E-state index contributed by atoms with van der Waals surface area (Å²) in [6, 6.07) is 13.9. The lowest BCUT2D eigenvalue weighted by atomic mass is 10.2. The molecule has 0 spiro atoms. The molecule has 1 atom stereocenters. The summed E-state index contributed by atoms with van der Waals surface area (Å²) in [6.07, 6.45) is 0. The maximum Gasteiger partial charge on any atom is 0.248 e. The first kappa shape index (κ1) is 15.6. The van der Waals surface area contributed by atoms with Gasteiger partial charge in [-0.1, -0.05) is 12.1 Å². The van der Waals surface area contributed by atoms with E-state index < -0.39 is 11.9 Å². The maximum absolute atomic E-state index is 12.2. The molecule has 5 heteroatoms. The molecular formula is C17H19N3O2. The van der Waals surface area contributed by atoms with Crippen molar-refractivity contribution in [2.45, 2.75) is 19.9 Å². The fourth-order valence-corrected chi connectivity index (χ4v) is 2.02. The van der Waals surface area contributed by atoms with Crippen molar-refractivity contribution in [1.29, 1.82) is 0 Å². The number of carbonyl (C=O) groups is 2. The number of hydrogen-bond donors (Lipinski definition) is 3. The fraction of sp³-hybridized carbons (Fsp3) is 0.176. The molecule has 5 nitrogen and oxygen atoms in total. The summed E-state index contributed by atoms with van der Waals surface area (Å²) in [5.74, 6) is -0.652. The van der Waals surface area contributed by atoms with E-state index in [-0.39, 0.29) is 5.91 Å². The van der Waals surface area contributed by atoms with Gasteiger partial charge in [-0.15, -0.1) is 0 Å². The molecule has 0 radical (unpaired) electrons. The predicted molar refractivity (Wildman–Crippen MR) is 87.9 cm³/mol. The van der Waals surface area contributed by atoms with Crippen LogP contribution in [-0.4, -0.2) is 17.9 Å². The fourth-order valence-electron chi connectivity index (χ4n) is 2.02. The Morgan fingerprint density at radius 3 is 2.32 bits per heavy atom. The van der Waals surface area contributed by atoms with Crippen LogP contribution in [0.3, 0.4) is 0 Å². The van der Waals surface area contributed by atoms with Gasteiger partial charge in [-0.2, -0.15) is 0 Å². The van der Waals surface area contributed by atoms with E-state index in [1.165, 1.54) is 0 Å². The van der Waals surface area contributed by atoms with Crippen LogP contribution in [0.25, 0.3) is 0 Å². The molecule has 0 fully saturated rings. The van der Waals surface area contributed by atoms with Gasteiger partial charge in [0, 0.05) is 16.9 Å². The minimum absolute atomic E-state index is 0.159. The lowest BCUT2D eigenvalue weighted by Gasteiger charge is -2.15. The van der Waals surface area contributed by atoms with Gasteiger partial charge in [-0.05, 0) is 55.8 Å². The smallest absolute Gasteiger partial charge is 0.248 e. The van der Waals surface area contributed by atoms with Crippen LogP contribution in [0, 0.1) is 6.92 Å². The maximum atomic E-state index is 12.2. The van der Waals surface area contributed by atoms with Crippen LogP contribution in [0.2, 0.25) is 0 Å². The SMILES string of the molecule is Cc1cccc(NC(C)C(=O)Nc2ccc(C(N)=O)cc2)c1. The van der Waals surface area contributed by atoms with Gasteiger partial charge in [-0.3, -0.25) is 9.59 Å². The van der Waals surface area contributed by atoms with Crippen molar-refractivity contribution in [3.05, 3.63) is 59.7 Å². The highest BCUT2D eigenvalue weighted by Gasteiger charge is 2.13. The minimum Gasteiger partial charge on any atom is -0.374 e. The van der Waals surface area contributed by atoms with Crippen molar-refractivity contribution in [2.75, 3.05) is 10.6 Å². The average Bonchev–Trinajstić information content (AvgIpc) is 2.47. The molecule has 0 heterocycles. The number of hydrogen-bond acceptors (Lipinski definition) is 3. The molecule has 2 amide bonds. The molecule has 114 valence electrons. The van der Waals surface area contributed by atoms with E-state index >= 15 is 0 Å². The summed E-state index contributed by atoms with van der Waals surface area (Å²) in [6.45, 7) is 3.78. The van der Waals surface area contributed by atoms with Gasteiger partial charge in [0.2, 0.25) is 11.8 Å². The highest BCUT2D eigenvalue weighted by molar-refractivity contribution is 5.97. The Kier molecular flexibility index (Phi) is 4.78. The molecule has 0 bridgehead atoms. The number of anilines is 2. The Hall–Kier alpha value is -2.82. The Labute approximate surface area is 129 Å². The predicted octanol–water partition coefficient (Wildman–Crippen LogP) is 2.53. The first-order valence-electron chi connectivity index (χ1n) is 6.99. The minimum atomic E-state index is -0.493. The van der Waals surface area contributed by atoms with E-state index in [9.17, 15) is 9.59 Å². The number of rotatable bonds is 5. The van der Waals surface area contributed by atoms with Crippen molar-refractivity contribution in [1.82, 2.24) is 0 Å². The second-order valence-corrected chi connectivity index (χ2v) is 5.17. The van der Waals surface area contributed by atoms with E-state index in [0.717, 1.165) is 11.3 Å². The molecule has 2 aromatic carbocycles. The quantitative estimate of drug-likeness (QED) is 0.793. The molecule has 2 rings (SSSR count). The van der Waals surface area contributed by atoms with Crippen LogP contribution in [0.4, 0.5) is 11.4 Å². The van der Waals surface area contributed by atoms with Gasteiger partial charge in [-0.25, -0.2) is 0 Å². The van der Waals surface area contributed by atoms with Crippen molar-refractivity contribution in [2.24, 2.45) is 5.73 Å². The molecule has 0 saturated carbocycles. The van der Waals surface area contributed by atoms with Crippen LogP contribution >= 0.6 is 0 Å². The van der Waals surface area contributed by atoms with E-state index in [4.69, 9.17) is 5.73 Å². The highest BCUT2D eigenvalue weighted by atomic mass is 16.2. The number of carbonyl (C=O) groups excluding carboxylic acids is 2. The molecule has 0 aliphatic heterocycles. The average molecular weight is 297 g/mol. The highest BCUT2D eigenvalue weighted by Crippen LogP contribution is 2.13. The molecule has 0 aliphatic carbocycles. The van der Waals surface area contributed by atoms with E-state index in [1.807, 2.05) is 31.2 Å². The number of nitrogens with one attached hydrogen (secondary N) is 2. The standard InChI is InChI=1S/C17H19N3O2/c1-11-4-3-5-15(10-11)19-12(2)17(22)20-14-8-6-13(7-9-14)16(18)21/h3-10,12,19H,1-2H3,(H2,18,21)(H,20,22). The topological polar surface area (TPSA) is 84.2 Å².